The first-order valence-corrected chi connectivity index (χ1v) is 4.29. The van der Waals surface area contributed by atoms with Crippen molar-refractivity contribution in [3.63, 3.8) is 0 Å². The van der Waals surface area contributed by atoms with Gasteiger partial charge in [0.25, 0.3) is 0 Å². The fourth-order valence-corrected chi connectivity index (χ4v) is 1.32. The van der Waals surface area contributed by atoms with E-state index in [1.165, 1.54) is 6.33 Å². The predicted octanol–water partition coefficient (Wildman–Crippen LogP) is -0.201. The standard InChI is InChI=1S/C8H12N4O/c9-7-3-8(12-5-11-7)13-6-1-2-10-4-6/h3,5-6,10H,1-2,4H2,(H2,9,11,12)/t6-/m0/s1. The monoisotopic (exact) mass is 180 g/mol. The van der Waals surface area contributed by atoms with Crippen LogP contribution in [0.15, 0.2) is 12.4 Å². The molecule has 3 N–H and O–H groups in total. The Labute approximate surface area is 76.3 Å². The first-order valence-electron chi connectivity index (χ1n) is 4.29. The van der Waals surface area contributed by atoms with Gasteiger partial charge in [-0.05, 0) is 13.0 Å². The van der Waals surface area contributed by atoms with Crippen molar-refractivity contribution in [3.8, 4) is 5.88 Å². The molecule has 70 valence electrons. The third kappa shape index (κ3) is 2.06. The molecule has 1 aromatic rings. The number of nitrogens with zero attached hydrogens (tertiary/aromatic N) is 2. The first kappa shape index (κ1) is 8.25. The number of ether oxygens (including phenoxy) is 1. The van der Waals surface area contributed by atoms with Crippen molar-refractivity contribution in [1.82, 2.24) is 15.3 Å². The molecule has 0 aromatic carbocycles. The summed E-state index contributed by atoms with van der Waals surface area (Å²) in [4.78, 5) is 7.75. The highest BCUT2D eigenvalue weighted by Gasteiger charge is 2.16. The van der Waals surface area contributed by atoms with Crippen molar-refractivity contribution in [2.24, 2.45) is 0 Å². The van der Waals surface area contributed by atoms with Crippen molar-refractivity contribution >= 4 is 5.82 Å². The SMILES string of the molecule is Nc1cc(O[C@H]2CCNC2)ncn1. The lowest BCUT2D eigenvalue weighted by Crippen LogP contribution is -2.20. The fraction of sp³-hybridized carbons (Fsp3) is 0.500. The van der Waals surface area contributed by atoms with Crippen LogP contribution in [-0.4, -0.2) is 29.2 Å². The average Bonchev–Trinajstić information content (AvgIpc) is 2.57. The maximum atomic E-state index is 5.56. The van der Waals surface area contributed by atoms with Crippen LogP contribution in [0.1, 0.15) is 6.42 Å². The van der Waals surface area contributed by atoms with Gasteiger partial charge in [-0.2, -0.15) is 0 Å². The number of hydrogen-bond acceptors (Lipinski definition) is 5. The number of anilines is 1. The third-order valence-corrected chi connectivity index (χ3v) is 1.97. The lowest BCUT2D eigenvalue weighted by atomic mass is 10.3. The van der Waals surface area contributed by atoms with E-state index < -0.39 is 0 Å². The summed E-state index contributed by atoms with van der Waals surface area (Å²) in [6.45, 7) is 1.88. The Morgan fingerprint density at radius 3 is 3.15 bits per heavy atom. The van der Waals surface area contributed by atoms with Gasteiger partial charge in [0.15, 0.2) is 0 Å². The predicted molar refractivity (Wildman–Crippen MR) is 48.3 cm³/mol. The van der Waals surface area contributed by atoms with Gasteiger partial charge in [-0.3, -0.25) is 0 Å². The zero-order valence-corrected chi connectivity index (χ0v) is 7.23. The van der Waals surface area contributed by atoms with Gasteiger partial charge in [-0.15, -0.1) is 0 Å². The van der Waals surface area contributed by atoms with Crippen LogP contribution in [-0.2, 0) is 0 Å². The van der Waals surface area contributed by atoms with E-state index in [-0.39, 0.29) is 6.10 Å². The maximum Gasteiger partial charge on any atom is 0.218 e. The molecule has 1 saturated heterocycles. The molecule has 1 fully saturated rings. The number of nitrogen functional groups attached to an aromatic ring is 1. The smallest absolute Gasteiger partial charge is 0.218 e. The Morgan fingerprint density at radius 2 is 2.46 bits per heavy atom. The zero-order valence-electron chi connectivity index (χ0n) is 7.23. The number of hydrogen-bond donors (Lipinski definition) is 2. The third-order valence-electron chi connectivity index (χ3n) is 1.97. The van der Waals surface area contributed by atoms with E-state index in [2.05, 4.69) is 15.3 Å². The molecule has 2 heterocycles. The van der Waals surface area contributed by atoms with Crippen molar-refractivity contribution in [2.75, 3.05) is 18.8 Å². The van der Waals surface area contributed by atoms with E-state index in [0.717, 1.165) is 19.5 Å². The molecule has 2 rings (SSSR count). The minimum atomic E-state index is 0.217. The van der Waals surface area contributed by atoms with Crippen molar-refractivity contribution < 1.29 is 4.74 Å². The Bertz CT molecular complexity index is 285. The molecule has 5 heteroatoms. The second kappa shape index (κ2) is 3.57. The molecule has 5 nitrogen and oxygen atoms in total. The van der Waals surface area contributed by atoms with Crippen LogP contribution in [0.3, 0.4) is 0 Å². The molecule has 13 heavy (non-hydrogen) atoms. The second-order valence-electron chi connectivity index (χ2n) is 3.01. The summed E-state index contributed by atoms with van der Waals surface area (Å²) in [6, 6.07) is 1.64. The Morgan fingerprint density at radius 1 is 1.54 bits per heavy atom. The minimum Gasteiger partial charge on any atom is -0.473 e. The van der Waals surface area contributed by atoms with Crippen LogP contribution in [0.5, 0.6) is 5.88 Å². The van der Waals surface area contributed by atoms with Crippen LogP contribution < -0.4 is 15.8 Å². The molecular formula is C8H12N4O. The number of nitrogens with one attached hydrogen (secondary N) is 1. The molecule has 0 spiro atoms. The highest BCUT2D eigenvalue weighted by atomic mass is 16.5. The largest absolute Gasteiger partial charge is 0.473 e. The van der Waals surface area contributed by atoms with Crippen LogP contribution in [0.25, 0.3) is 0 Å². The van der Waals surface area contributed by atoms with Crippen LogP contribution in [0.4, 0.5) is 5.82 Å². The fourth-order valence-electron chi connectivity index (χ4n) is 1.32. The molecule has 1 aromatic heterocycles. The Balaban J connectivity index is 2.00. The summed E-state index contributed by atoms with van der Waals surface area (Å²) in [5.41, 5.74) is 5.49. The van der Waals surface area contributed by atoms with Gasteiger partial charge in [0.1, 0.15) is 18.2 Å². The maximum absolute atomic E-state index is 5.56. The summed E-state index contributed by atoms with van der Waals surface area (Å²) >= 11 is 0. The van der Waals surface area contributed by atoms with Crippen LogP contribution >= 0.6 is 0 Å². The summed E-state index contributed by atoms with van der Waals surface area (Å²) in [7, 11) is 0. The van der Waals surface area contributed by atoms with Crippen molar-refractivity contribution in [2.45, 2.75) is 12.5 Å². The molecule has 0 aliphatic carbocycles. The molecule has 0 unspecified atom stereocenters. The van der Waals surface area contributed by atoms with E-state index >= 15 is 0 Å². The van der Waals surface area contributed by atoms with E-state index in [0.29, 0.717) is 11.7 Å². The Hall–Kier alpha value is -1.36. The van der Waals surface area contributed by atoms with Crippen molar-refractivity contribution in [3.05, 3.63) is 12.4 Å². The number of rotatable bonds is 2. The summed E-state index contributed by atoms with van der Waals surface area (Å²) in [5, 5.41) is 3.21. The summed E-state index contributed by atoms with van der Waals surface area (Å²) in [6.07, 6.45) is 2.64. The highest BCUT2D eigenvalue weighted by molar-refractivity contribution is 5.30. The van der Waals surface area contributed by atoms with Gasteiger partial charge in [0, 0.05) is 12.6 Å². The first-order chi connectivity index (χ1) is 6.34. The molecule has 1 aliphatic heterocycles. The quantitative estimate of drug-likeness (QED) is 0.659. The zero-order chi connectivity index (χ0) is 9.10. The van der Waals surface area contributed by atoms with Gasteiger partial charge >= 0.3 is 0 Å². The highest BCUT2D eigenvalue weighted by Crippen LogP contribution is 2.12. The van der Waals surface area contributed by atoms with Gasteiger partial charge in [-0.25, -0.2) is 9.97 Å². The molecule has 0 radical (unpaired) electrons. The Kier molecular flexibility index (Phi) is 2.27. The molecular weight excluding hydrogens is 168 g/mol. The molecule has 0 saturated carbocycles. The lowest BCUT2D eigenvalue weighted by Gasteiger charge is -2.10. The molecule has 1 aliphatic rings. The van der Waals surface area contributed by atoms with E-state index in [9.17, 15) is 0 Å². The summed E-state index contributed by atoms with van der Waals surface area (Å²) < 4.78 is 5.56. The number of aromatic nitrogens is 2. The minimum absolute atomic E-state index is 0.217. The van der Waals surface area contributed by atoms with Gasteiger partial charge in [0.05, 0.1) is 0 Å². The van der Waals surface area contributed by atoms with Gasteiger partial charge < -0.3 is 15.8 Å². The van der Waals surface area contributed by atoms with E-state index in [1.807, 2.05) is 0 Å². The van der Waals surface area contributed by atoms with Gasteiger partial charge in [-0.1, -0.05) is 0 Å². The topological polar surface area (TPSA) is 73.1 Å². The molecule has 0 bridgehead atoms. The normalized spacial score (nSPS) is 21.7. The molecule has 0 amide bonds. The second-order valence-corrected chi connectivity index (χ2v) is 3.01. The van der Waals surface area contributed by atoms with Crippen molar-refractivity contribution in [1.29, 1.82) is 0 Å². The number of nitrogens with two attached hydrogens (primary N) is 1. The van der Waals surface area contributed by atoms with E-state index in [4.69, 9.17) is 10.5 Å². The van der Waals surface area contributed by atoms with Crippen LogP contribution in [0, 0.1) is 0 Å². The lowest BCUT2D eigenvalue weighted by molar-refractivity contribution is 0.214. The summed E-state index contributed by atoms with van der Waals surface area (Å²) in [5.74, 6) is 0.997. The van der Waals surface area contributed by atoms with E-state index in [1.54, 1.807) is 6.07 Å². The van der Waals surface area contributed by atoms with Crippen LogP contribution in [0.2, 0.25) is 0 Å². The molecule has 1 atom stereocenters. The van der Waals surface area contributed by atoms with Gasteiger partial charge in [0.2, 0.25) is 5.88 Å². The average molecular weight is 180 g/mol.